The van der Waals surface area contributed by atoms with Crippen molar-refractivity contribution in [3.05, 3.63) is 17.3 Å². The average molecular weight is 285 g/mol. The Morgan fingerprint density at radius 2 is 2.10 bits per heavy atom. The molecule has 0 spiro atoms. The van der Waals surface area contributed by atoms with Crippen molar-refractivity contribution >= 4 is 5.82 Å². The summed E-state index contributed by atoms with van der Waals surface area (Å²) in [7, 11) is 0. The molecular weight excluding hydrogens is 262 g/mol. The summed E-state index contributed by atoms with van der Waals surface area (Å²) >= 11 is 0. The van der Waals surface area contributed by atoms with Gasteiger partial charge in [0, 0.05) is 12.0 Å². The lowest BCUT2D eigenvalue weighted by atomic mass is 9.88. The second-order valence-electron chi connectivity index (χ2n) is 8.25. The minimum Gasteiger partial charge on any atom is -0.391 e. The first-order valence-electron chi connectivity index (χ1n) is 8.36. The highest BCUT2D eigenvalue weighted by molar-refractivity contribution is 5.48. The molecule has 5 rings (SSSR count). The van der Waals surface area contributed by atoms with Crippen LogP contribution in [0.2, 0.25) is 0 Å². The molecule has 0 amide bonds. The normalized spacial score (nSPS) is 41.9. The van der Waals surface area contributed by atoms with Crippen molar-refractivity contribution in [3.63, 3.8) is 0 Å². The van der Waals surface area contributed by atoms with E-state index in [1.165, 1.54) is 30.5 Å². The third-order valence-corrected chi connectivity index (χ3v) is 6.66. The molecular formula is C17H23N3O. The van der Waals surface area contributed by atoms with Crippen molar-refractivity contribution in [3.8, 4) is 0 Å². The van der Waals surface area contributed by atoms with Crippen LogP contribution in [0.3, 0.4) is 0 Å². The van der Waals surface area contributed by atoms with Gasteiger partial charge in [-0.3, -0.25) is 0 Å². The Balaban J connectivity index is 1.52. The first kappa shape index (κ1) is 12.4. The van der Waals surface area contributed by atoms with E-state index in [0.717, 1.165) is 24.7 Å². The zero-order valence-corrected chi connectivity index (χ0v) is 12.8. The summed E-state index contributed by atoms with van der Waals surface area (Å²) in [4.78, 5) is 2.37. The minimum atomic E-state index is -0.153. The molecule has 2 saturated carbocycles. The molecule has 2 bridgehead atoms. The van der Waals surface area contributed by atoms with Crippen LogP contribution in [0.4, 0.5) is 5.82 Å². The molecule has 1 aliphatic heterocycles. The summed E-state index contributed by atoms with van der Waals surface area (Å²) in [6.07, 6.45) is 4.56. The Bertz CT molecular complexity index is 612. The number of hydrogen-bond acceptors (Lipinski definition) is 4. The molecule has 1 aromatic rings. The van der Waals surface area contributed by atoms with Crippen LogP contribution in [0.5, 0.6) is 0 Å². The molecule has 1 aromatic heterocycles. The van der Waals surface area contributed by atoms with Crippen LogP contribution in [-0.2, 0) is 11.8 Å². The molecule has 3 fully saturated rings. The minimum absolute atomic E-state index is 0.153. The molecule has 1 saturated heterocycles. The third-order valence-electron chi connectivity index (χ3n) is 6.66. The number of fused-ring (bicyclic) bond motifs is 2. The van der Waals surface area contributed by atoms with E-state index < -0.39 is 0 Å². The summed E-state index contributed by atoms with van der Waals surface area (Å²) in [6, 6.07) is 2.55. The van der Waals surface area contributed by atoms with Crippen LogP contribution in [0.1, 0.15) is 44.4 Å². The summed E-state index contributed by atoms with van der Waals surface area (Å²) < 4.78 is 0. The zero-order valence-electron chi connectivity index (χ0n) is 12.8. The number of aryl methyl sites for hydroxylation is 1. The Kier molecular flexibility index (Phi) is 2.23. The molecule has 0 radical (unpaired) electrons. The maximum Gasteiger partial charge on any atom is 0.151 e. The number of aliphatic hydroxyl groups is 1. The Hall–Kier alpha value is -1.16. The topological polar surface area (TPSA) is 49.2 Å². The van der Waals surface area contributed by atoms with E-state index in [1.807, 2.05) is 0 Å². The fourth-order valence-corrected chi connectivity index (χ4v) is 5.56. The summed E-state index contributed by atoms with van der Waals surface area (Å²) in [5.41, 5.74) is 2.72. The highest BCUT2D eigenvalue weighted by atomic mass is 16.3. The van der Waals surface area contributed by atoms with Gasteiger partial charge in [0.05, 0.1) is 17.8 Å². The smallest absolute Gasteiger partial charge is 0.151 e. The predicted octanol–water partition coefficient (Wildman–Crippen LogP) is 1.91. The maximum atomic E-state index is 10.5. The van der Waals surface area contributed by atoms with Gasteiger partial charge in [0.1, 0.15) is 0 Å². The molecule has 112 valence electrons. The van der Waals surface area contributed by atoms with Crippen molar-refractivity contribution in [2.24, 2.45) is 17.8 Å². The first-order valence-corrected chi connectivity index (χ1v) is 8.36. The van der Waals surface area contributed by atoms with Gasteiger partial charge in [-0.1, -0.05) is 13.8 Å². The number of aliphatic hydroxyl groups excluding tert-OH is 1. The van der Waals surface area contributed by atoms with Gasteiger partial charge >= 0.3 is 0 Å². The van der Waals surface area contributed by atoms with E-state index in [9.17, 15) is 5.11 Å². The van der Waals surface area contributed by atoms with E-state index in [-0.39, 0.29) is 11.5 Å². The molecule has 5 unspecified atom stereocenters. The fraction of sp³-hybridized carbons (Fsp3) is 0.765. The largest absolute Gasteiger partial charge is 0.391 e. The summed E-state index contributed by atoms with van der Waals surface area (Å²) in [6.45, 7) is 5.59. The summed E-state index contributed by atoms with van der Waals surface area (Å²) in [5, 5.41) is 19.6. The van der Waals surface area contributed by atoms with Gasteiger partial charge in [0.15, 0.2) is 5.82 Å². The first-order chi connectivity index (χ1) is 10.0. The van der Waals surface area contributed by atoms with E-state index in [4.69, 9.17) is 0 Å². The Morgan fingerprint density at radius 3 is 2.90 bits per heavy atom. The Morgan fingerprint density at radius 1 is 1.24 bits per heavy atom. The van der Waals surface area contributed by atoms with Gasteiger partial charge in [-0.25, -0.2) is 0 Å². The average Bonchev–Trinajstić information content (AvgIpc) is 3.12. The summed E-state index contributed by atoms with van der Waals surface area (Å²) in [5.74, 6) is 3.01. The van der Waals surface area contributed by atoms with Crippen molar-refractivity contribution in [1.82, 2.24) is 10.2 Å². The molecule has 0 aromatic carbocycles. The molecule has 4 heteroatoms. The third kappa shape index (κ3) is 1.49. The number of hydrogen-bond donors (Lipinski definition) is 1. The predicted molar refractivity (Wildman–Crippen MR) is 80.2 cm³/mol. The number of anilines is 1. The van der Waals surface area contributed by atoms with E-state index in [0.29, 0.717) is 17.9 Å². The zero-order chi connectivity index (χ0) is 14.4. The van der Waals surface area contributed by atoms with Gasteiger partial charge in [-0.05, 0) is 55.1 Å². The Labute approximate surface area is 125 Å². The van der Waals surface area contributed by atoms with E-state index >= 15 is 0 Å². The molecule has 4 nitrogen and oxygen atoms in total. The van der Waals surface area contributed by atoms with Crippen LogP contribution >= 0.6 is 0 Å². The number of rotatable bonds is 1. The quantitative estimate of drug-likeness (QED) is 0.856. The van der Waals surface area contributed by atoms with Crippen molar-refractivity contribution in [1.29, 1.82) is 0 Å². The molecule has 5 atom stereocenters. The second kappa shape index (κ2) is 3.78. The lowest BCUT2D eigenvalue weighted by molar-refractivity contribution is 0.0965. The molecule has 3 aliphatic carbocycles. The van der Waals surface area contributed by atoms with Crippen LogP contribution in [0.25, 0.3) is 0 Å². The molecule has 2 heterocycles. The lowest BCUT2D eigenvalue weighted by Gasteiger charge is -2.29. The van der Waals surface area contributed by atoms with Crippen molar-refractivity contribution in [2.75, 3.05) is 11.4 Å². The highest BCUT2D eigenvalue weighted by Gasteiger charge is 2.59. The monoisotopic (exact) mass is 285 g/mol. The van der Waals surface area contributed by atoms with Gasteiger partial charge < -0.3 is 10.0 Å². The van der Waals surface area contributed by atoms with Crippen molar-refractivity contribution < 1.29 is 5.11 Å². The van der Waals surface area contributed by atoms with Gasteiger partial charge in [0.25, 0.3) is 0 Å². The van der Waals surface area contributed by atoms with Gasteiger partial charge in [-0.2, -0.15) is 5.10 Å². The van der Waals surface area contributed by atoms with E-state index in [2.05, 4.69) is 35.0 Å². The highest BCUT2D eigenvalue weighted by Crippen LogP contribution is 2.55. The van der Waals surface area contributed by atoms with Crippen LogP contribution in [0, 0.1) is 17.8 Å². The number of nitrogens with zero attached hydrogens (tertiary/aromatic N) is 3. The van der Waals surface area contributed by atoms with E-state index in [1.54, 1.807) is 0 Å². The lowest BCUT2D eigenvalue weighted by Crippen LogP contribution is -2.41. The maximum absolute atomic E-state index is 10.5. The molecule has 21 heavy (non-hydrogen) atoms. The van der Waals surface area contributed by atoms with Gasteiger partial charge in [-0.15, -0.1) is 5.10 Å². The van der Waals surface area contributed by atoms with Crippen LogP contribution in [-0.4, -0.2) is 34.0 Å². The standard InChI is InChI=1S/C17H23N3O/c1-17(2)4-3-9-7-13(18-19-16(9)17)20-8-11-5-10-6-12(11)14(20)15(10)21/h7,10-12,14-15,21H,3-6,8H2,1-2H3. The second-order valence-corrected chi connectivity index (χ2v) is 8.25. The van der Waals surface area contributed by atoms with Gasteiger partial charge in [0.2, 0.25) is 0 Å². The molecule has 4 aliphatic rings. The fourth-order valence-electron chi connectivity index (χ4n) is 5.56. The van der Waals surface area contributed by atoms with Crippen LogP contribution in [0.15, 0.2) is 6.07 Å². The number of aromatic nitrogens is 2. The van der Waals surface area contributed by atoms with Crippen LogP contribution < -0.4 is 4.90 Å². The van der Waals surface area contributed by atoms with Crippen molar-refractivity contribution in [2.45, 2.75) is 57.1 Å². The molecule has 1 N–H and O–H groups in total. The SMILES string of the molecule is CC1(C)CCc2cc(N3CC4CC5CC4C3C5O)nnc21.